The standard InChI is InChI=1S/C18H14BrFN4O/c1-25-17-7-4-12(19)8-14(17)16-9-15(11-2-5-13(20)6-3-11)23-18-21-10-22-24(16)18/h2-10,16H,1H3,(H,21,22,23)/t16-/m0/s1. The van der Waals surface area contributed by atoms with Crippen LogP contribution in [0.4, 0.5) is 10.3 Å². The number of fused-ring (bicyclic) bond motifs is 1. The van der Waals surface area contributed by atoms with Crippen molar-refractivity contribution < 1.29 is 9.13 Å². The second-order valence-electron chi connectivity index (χ2n) is 5.57. The molecule has 126 valence electrons. The van der Waals surface area contributed by atoms with Crippen LogP contribution in [0.15, 0.2) is 59.3 Å². The van der Waals surface area contributed by atoms with E-state index in [4.69, 9.17) is 4.74 Å². The molecule has 25 heavy (non-hydrogen) atoms. The minimum Gasteiger partial charge on any atom is -0.496 e. The van der Waals surface area contributed by atoms with Crippen molar-refractivity contribution in [2.75, 3.05) is 12.4 Å². The molecule has 0 spiro atoms. The van der Waals surface area contributed by atoms with Crippen LogP contribution in [0.5, 0.6) is 5.75 Å². The van der Waals surface area contributed by atoms with Crippen molar-refractivity contribution in [1.82, 2.24) is 14.8 Å². The maximum Gasteiger partial charge on any atom is 0.226 e. The average Bonchev–Trinajstić information content (AvgIpc) is 3.10. The van der Waals surface area contributed by atoms with Gasteiger partial charge >= 0.3 is 0 Å². The number of hydrogen-bond donors (Lipinski definition) is 1. The molecule has 1 aliphatic rings. The van der Waals surface area contributed by atoms with Crippen molar-refractivity contribution in [3.63, 3.8) is 0 Å². The highest BCUT2D eigenvalue weighted by Gasteiger charge is 2.26. The smallest absolute Gasteiger partial charge is 0.226 e. The number of rotatable bonds is 3. The van der Waals surface area contributed by atoms with E-state index in [9.17, 15) is 4.39 Å². The minimum absolute atomic E-state index is 0.203. The Morgan fingerprint density at radius 2 is 2.00 bits per heavy atom. The summed E-state index contributed by atoms with van der Waals surface area (Å²) in [5.74, 6) is 1.11. The largest absolute Gasteiger partial charge is 0.496 e. The number of anilines is 1. The molecule has 0 fully saturated rings. The van der Waals surface area contributed by atoms with Gasteiger partial charge in [-0.25, -0.2) is 9.07 Å². The highest BCUT2D eigenvalue weighted by molar-refractivity contribution is 9.10. The van der Waals surface area contributed by atoms with Crippen LogP contribution in [0.3, 0.4) is 0 Å². The maximum absolute atomic E-state index is 13.2. The molecule has 3 aromatic rings. The molecular weight excluding hydrogens is 387 g/mol. The number of halogens is 2. The fourth-order valence-corrected chi connectivity index (χ4v) is 3.27. The molecule has 0 radical (unpaired) electrons. The summed E-state index contributed by atoms with van der Waals surface area (Å²) in [7, 11) is 1.64. The summed E-state index contributed by atoms with van der Waals surface area (Å²) in [6.07, 6.45) is 3.53. The minimum atomic E-state index is -0.270. The Morgan fingerprint density at radius 3 is 2.76 bits per heavy atom. The van der Waals surface area contributed by atoms with Gasteiger partial charge in [0.05, 0.1) is 7.11 Å². The fourth-order valence-electron chi connectivity index (χ4n) is 2.89. The summed E-state index contributed by atoms with van der Waals surface area (Å²) in [4.78, 5) is 4.28. The summed E-state index contributed by atoms with van der Waals surface area (Å²) >= 11 is 3.51. The number of methoxy groups -OCH3 is 1. The highest BCUT2D eigenvalue weighted by atomic mass is 79.9. The fraction of sp³-hybridized carbons (Fsp3) is 0.111. The van der Waals surface area contributed by atoms with Gasteiger partial charge in [0.1, 0.15) is 23.9 Å². The van der Waals surface area contributed by atoms with Crippen molar-refractivity contribution in [2.24, 2.45) is 0 Å². The van der Waals surface area contributed by atoms with Gasteiger partial charge in [0.15, 0.2) is 0 Å². The third-order valence-corrected chi connectivity index (χ3v) is 4.57. The van der Waals surface area contributed by atoms with Gasteiger partial charge in [-0.05, 0) is 54.1 Å². The van der Waals surface area contributed by atoms with Crippen LogP contribution in [0.1, 0.15) is 17.2 Å². The zero-order chi connectivity index (χ0) is 17.4. The molecule has 2 heterocycles. The summed E-state index contributed by atoms with van der Waals surface area (Å²) in [6.45, 7) is 0. The quantitative estimate of drug-likeness (QED) is 0.713. The number of nitrogens with zero attached hydrogens (tertiary/aromatic N) is 3. The van der Waals surface area contributed by atoms with Crippen LogP contribution < -0.4 is 10.1 Å². The lowest BCUT2D eigenvalue weighted by atomic mass is 10.0. The molecule has 0 saturated carbocycles. The molecule has 4 rings (SSSR count). The van der Waals surface area contributed by atoms with Gasteiger partial charge in [0.25, 0.3) is 0 Å². The molecule has 0 aliphatic carbocycles. The summed E-state index contributed by atoms with van der Waals surface area (Å²) in [5, 5.41) is 7.57. The number of hydrogen-bond acceptors (Lipinski definition) is 4. The lowest BCUT2D eigenvalue weighted by molar-refractivity contribution is 0.404. The van der Waals surface area contributed by atoms with Gasteiger partial charge in [-0.2, -0.15) is 10.1 Å². The first-order valence-corrected chi connectivity index (χ1v) is 8.43. The lowest BCUT2D eigenvalue weighted by Gasteiger charge is -2.25. The van der Waals surface area contributed by atoms with Crippen molar-refractivity contribution >= 4 is 27.6 Å². The number of aromatic nitrogens is 3. The van der Waals surface area contributed by atoms with Crippen molar-refractivity contribution in [3.05, 3.63) is 76.3 Å². The number of allylic oxidation sites excluding steroid dienone is 1. The zero-order valence-corrected chi connectivity index (χ0v) is 14.9. The van der Waals surface area contributed by atoms with E-state index in [1.54, 1.807) is 23.9 Å². The Hall–Kier alpha value is -2.67. The molecule has 5 nitrogen and oxygen atoms in total. The van der Waals surface area contributed by atoms with E-state index in [0.717, 1.165) is 27.0 Å². The van der Waals surface area contributed by atoms with Crippen LogP contribution >= 0.6 is 15.9 Å². The van der Waals surface area contributed by atoms with Gasteiger partial charge < -0.3 is 10.1 Å². The Bertz CT molecular complexity index is 952. The zero-order valence-electron chi connectivity index (χ0n) is 13.3. The third kappa shape index (κ3) is 2.91. The second-order valence-corrected chi connectivity index (χ2v) is 6.49. The van der Waals surface area contributed by atoms with Gasteiger partial charge in [0, 0.05) is 15.7 Å². The first-order valence-electron chi connectivity index (χ1n) is 7.63. The predicted octanol–water partition coefficient (Wildman–Crippen LogP) is 4.24. The number of benzene rings is 2. The van der Waals surface area contributed by atoms with E-state index in [1.807, 2.05) is 24.3 Å². The van der Waals surface area contributed by atoms with Crippen molar-refractivity contribution in [2.45, 2.75) is 6.04 Å². The van der Waals surface area contributed by atoms with Gasteiger partial charge in [0.2, 0.25) is 5.95 Å². The maximum atomic E-state index is 13.2. The van der Waals surface area contributed by atoms with Crippen molar-refractivity contribution in [3.8, 4) is 5.75 Å². The van der Waals surface area contributed by atoms with Gasteiger partial charge in [-0.3, -0.25) is 0 Å². The van der Waals surface area contributed by atoms with E-state index < -0.39 is 0 Å². The summed E-state index contributed by atoms with van der Waals surface area (Å²) < 4.78 is 21.5. The molecular formula is C18H14BrFN4O. The summed E-state index contributed by atoms with van der Waals surface area (Å²) in [5.41, 5.74) is 2.66. The van der Waals surface area contributed by atoms with E-state index in [-0.39, 0.29) is 11.9 Å². The Kier molecular flexibility index (Phi) is 4.01. The molecule has 0 saturated heterocycles. The van der Waals surface area contributed by atoms with Crippen molar-refractivity contribution in [1.29, 1.82) is 0 Å². The molecule has 1 atom stereocenters. The third-order valence-electron chi connectivity index (χ3n) is 4.07. The monoisotopic (exact) mass is 400 g/mol. The highest BCUT2D eigenvalue weighted by Crippen LogP contribution is 2.37. The van der Waals surface area contributed by atoms with E-state index in [0.29, 0.717) is 5.95 Å². The van der Waals surface area contributed by atoms with E-state index in [2.05, 4.69) is 31.3 Å². The molecule has 2 aromatic carbocycles. The molecule has 1 aromatic heterocycles. The first-order chi connectivity index (χ1) is 12.2. The topological polar surface area (TPSA) is 52.0 Å². The van der Waals surface area contributed by atoms with Crippen LogP contribution in [-0.2, 0) is 0 Å². The molecule has 0 amide bonds. The van der Waals surface area contributed by atoms with E-state index in [1.165, 1.54) is 18.5 Å². The Balaban J connectivity index is 1.85. The average molecular weight is 401 g/mol. The SMILES string of the molecule is COc1ccc(Br)cc1[C@@H]1C=C(c2ccc(F)cc2)Nc2ncnn21. The normalized spacial score (nSPS) is 16.0. The summed E-state index contributed by atoms with van der Waals surface area (Å²) in [6, 6.07) is 12.0. The molecule has 1 aliphatic heterocycles. The Morgan fingerprint density at radius 1 is 1.20 bits per heavy atom. The second kappa shape index (κ2) is 6.33. The van der Waals surface area contributed by atoms with E-state index >= 15 is 0 Å². The Labute approximate surface area is 152 Å². The van der Waals surface area contributed by atoms with Crippen LogP contribution in [0.25, 0.3) is 5.70 Å². The number of ether oxygens (including phenoxy) is 1. The predicted molar refractivity (Wildman–Crippen MR) is 96.9 cm³/mol. The van der Waals surface area contributed by atoms with Crippen LogP contribution in [-0.4, -0.2) is 21.9 Å². The number of nitrogens with one attached hydrogen (secondary N) is 1. The van der Waals surface area contributed by atoms with Gasteiger partial charge in [-0.1, -0.05) is 15.9 Å². The lowest BCUT2D eigenvalue weighted by Crippen LogP contribution is -2.20. The first kappa shape index (κ1) is 15.8. The van der Waals surface area contributed by atoms with Crippen LogP contribution in [0, 0.1) is 5.82 Å². The molecule has 0 bridgehead atoms. The molecule has 1 N–H and O–H groups in total. The molecule has 7 heteroatoms. The van der Waals surface area contributed by atoms with Gasteiger partial charge in [-0.15, -0.1) is 0 Å². The van der Waals surface area contributed by atoms with Crippen LogP contribution in [0.2, 0.25) is 0 Å². The molecule has 0 unspecified atom stereocenters.